The minimum absolute atomic E-state index is 0.00720. The van der Waals surface area contributed by atoms with Crippen LogP contribution in [-0.4, -0.2) is 56.4 Å². The van der Waals surface area contributed by atoms with E-state index in [1.807, 2.05) is 57.6 Å². The van der Waals surface area contributed by atoms with Gasteiger partial charge in [-0.05, 0) is 48.8 Å². The molecule has 1 aliphatic heterocycles. The molecule has 3 heterocycles. The van der Waals surface area contributed by atoms with Gasteiger partial charge >= 0.3 is 0 Å². The van der Waals surface area contributed by atoms with E-state index in [2.05, 4.69) is 28.0 Å². The van der Waals surface area contributed by atoms with Gasteiger partial charge in [0.05, 0.1) is 24.5 Å². The van der Waals surface area contributed by atoms with Gasteiger partial charge in [0.15, 0.2) is 0 Å². The molecule has 0 radical (unpaired) electrons. The number of aryl methyl sites for hydroxylation is 1. The average Bonchev–Trinajstić information content (AvgIpc) is 3.49. The number of morpholine rings is 1. The number of nitrogens with zero attached hydrogens (tertiary/aromatic N) is 6. The maximum Gasteiger partial charge on any atom is 0.259 e. The summed E-state index contributed by atoms with van der Waals surface area (Å²) in [5, 5.41) is 14.8. The van der Waals surface area contributed by atoms with E-state index in [4.69, 9.17) is 4.74 Å². The average molecular weight is 537 g/mol. The van der Waals surface area contributed by atoms with Gasteiger partial charge in [-0.2, -0.15) is 15.3 Å². The summed E-state index contributed by atoms with van der Waals surface area (Å²) in [6, 6.07) is 19.0. The van der Waals surface area contributed by atoms with Gasteiger partial charge < -0.3 is 4.74 Å². The molecule has 0 spiro atoms. The summed E-state index contributed by atoms with van der Waals surface area (Å²) in [7, 11) is 0. The SMILES string of the molecule is CCCc1c(Cc2cccc(-c3ccccc3)c2C#N)c(=O)n(C2CCC(N3CCOCC3)CC2)c2ncnn12. The molecule has 2 aromatic heterocycles. The zero-order valence-electron chi connectivity index (χ0n) is 23.1. The first kappa shape index (κ1) is 26.4. The van der Waals surface area contributed by atoms with Gasteiger partial charge in [-0.1, -0.05) is 61.9 Å². The number of rotatable bonds is 7. The minimum Gasteiger partial charge on any atom is -0.379 e. The van der Waals surface area contributed by atoms with Crippen LogP contribution in [0.15, 0.2) is 59.7 Å². The Balaban J connectivity index is 1.39. The van der Waals surface area contributed by atoms with E-state index in [0.717, 1.165) is 92.8 Å². The summed E-state index contributed by atoms with van der Waals surface area (Å²) >= 11 is 0. The second-order valence-corrected chi connectivity index (χ2v) is 10.9. The van der Waals surface area contributed by atoms with Crippen molar-refractivity contribution in [3.8, 4) is 17.2 Å². The fraction of sp³-hybridized carbons (Fsp3) is 0.438. The van der Waals surface area contributed by atoms with E-state index in [-0.39, 0.29) is 11.6 Å². The minimum atomic E-state index is 0.00720. The van der Waals surface area contributed by atoms with E-state index in [1.54, 1.807) is 6.33 Å². The molecule has 1 aliphatic carbocycles. The molecule has 1 saturated carbocycles. The second-order valence-electron chi connectivity index (χ2n) is 10.9. The molecular formula is C32H36N6O2. The Labute approximate surface area is 234 Å². The Morgan fingerprint density at radius 1 is 1.00 bits per heavy atom. The van der Waals surface area contributed by atoms with E-state index in [0.29, 0.717) is 23.8 Å². The van der Waals surface area contributed by atoms with Crippen LogP contribution in [0.1, 0.15) is 67.5 Å². The van der Waals surface area contributed by atoms with Crippen LogP contribution in [0.4, 0.5) is 0 Å². The molecule has 206 valence electrons. The van der Waals surface area contributed by atoms with Crippen LogP contribution in [0.5, 0.6) is 0 Å². The highest BCUT2D eigenvalue weighted by molar-refractivity contribution is 5.72. The van der Waals surface area contributed by atoms with Crippen molar-refractivity contribution >= 4 is 5.78 Å². The zero-order valence-corrected chi connectivity index (χ0v) is 23.1. The Hall–Kier alpha value is -3.80. The van der Waals surface area contributed by atoms with E-state index < -0.39 is 0 Å². The van der Waals surface area contributed by atoms with Crippen molar-refractivity contribution < 1.29 is 4.74 Å². The highest BCUT2D eigenvalue weighted by Gasteiger charge is 2.31. The van der Waals surface area contributed by atoms with Crippen LogP contribution in [0.25, 0.3) is 16.9 Å². The van der Waals surface area contributed by atoms with Crippen molar-refractivity contribution in [2.75, 3.05) is 26.3 Å². The molecule has 1 saturated heterocycles. The molecule has 0 N–H and O–H groups in total. The lowest BCUT2D eigenvalue weighted by molar-refractivity contribution is 0.00543. The van der Waals surface area contributed by atoms with Crippen molar-refractivity contribution in [2.45, 2.75) is 64.0 Å². The topological polar surface area (TPSA) is 88.5 Å². The molecule has 2 aliphatic rings. The Morgan fingerprint density at radius 3 is 2.48 bits per heavy atom. The normalized spacial score (nSPS) is 20.0. The summed E-state index contributed by atoms with van der Waals surface area (Å²) in [5.74, 6) is 0.630. The summed E-state index contributed by atoms with van der Waals surface area (Å²) in [5.41, 5.74) is 4.99. The summed E-state index contributed by atoms with van der Waals surface area (Å²) in [6.45, 7) is 5.70. The Bertz CT molecular complexity index is 1570. The standard InChI is InChI=1S/C32H36N6O2/c1-2-7-30-28(20-24-10-6-11-27(29(24)21-33)23-8-4-3-5-9-23)31(39)37(32-34-22-35-38(30)32)26-14-12-25(13-15-26)36-16-18-40-19-17-36/h3-6,8-11,22,25-26H,2,7,12-20H2,1H3. The quantitative estimate of drug-likeness (QED) is 0.338. The highest BCUT2D eigenvalue weighted by Crippen LogP contribution is 2.33. The van der Waals surface area contributed by atoms with E-state index >= 15 is 0 Å². The predicted octanol–water partition coefficient (Wildman–Crippen LogP) is 4.79. The molecule has 40 heavy (non-hydrogen) atoms. The first-order chi connectivity index (χ1) is 19.7. The van der Waals surface area contributed by atoms with Gasteiger partial charge in [0.25, 0.3) is 5.56 Å². The Kier molecular flexibility index (Phi) is 7.76. The summed E-state index contributed by atoms with van der Waals surface area (Å²) in [4.78, 5) is 21.5. The van der Waals surface area contributed by atoms with Crippen LogP contribution in [0, 0.1) is 11.3 Å². The van der Waals surface area contributed by atoms with Gasteiger partial charge in [0.2, 0.25) is 5.78 Å². The van der Waals surface area contributed by atoms with Crippen LogP contribution in [0.2, 0.25) is 0 Å². The highest BCUT2D eigenvalue weighted by atomic mass is 16.5. The number of aromatic nitrogens is 4. The van der Waals surface area contributed by atoms with Crippen LogP contribution < -0.4 is 5.56 Å². The molecule has 8 heteroatoms. The number of hydrogen-bond donors (Lipinski definition) is 0. The third-order valence-electron chi connectivity index (χ3n) is 8.62. The maximum atomic E-state index is 14.4. The summed E-state index contributed by atoms with van der Waals surface area (Å²) < 4.78 is 9.34. The first-order valence-electron chi connectivity index (χ1n) is 14.5. The van der Waals surface area contributed by atoms with Crippen molar-refractivity contribution in [2.24, 2.45) is 0 Å². The predicted molar refractivity (Wildman–Crippen MR) is 154 cm³/mol. The first-order valence-corrected chi connectivity index (χ1v) is 14.5. The van der Waals surface area contributed by atoms with Gasteiger partial charge in [-0.25, -0.2) is 4.52 Å². The molecule has 2 fully saturated rings. The number of ether oxygens (including phenoxy) is 1. The molecule has 8 nitrogen and oxygen atoms in total. The van der Waals surface area contributed by atoms with Crippen LogP contribution in [-0.2, 0) is 17.6 Å². The van der Waals surface area contributed by atoms with Gasteiger partial charge in [0.1, 0.15) is 12.4 Å². The van der Waals surface area contributed by atoms with Gasteiger partial charge in [-0.3, -0.25) is 14.3 Å². The van der Waals surface area contributed by atoms with Crippen LogP contribution >= 0.6 is 0 Å². The van der Waals surface area contributed by atoms with Crippen molar-refractivity contribution in [1.29, 1.82) is 5.26 Å². The molecule has 2 aromatic carbocycles. The number of fused-ring (bicyclic) bond motifs is 1. The number of hydrogen-bond acceptors (Lipinski definition) is 6. The van der Waals surface area contributed by atoms with E-state index in [9.17, 15) is 10.1 Å². The lowest BCUT2D eigenvalue weighted by Gasteiger charge is -2.39. The Morgan fingerprint density at radius 2 is 1.75 bits per heavy atom. The maximum absolute atomic E-state index is 14.4. The lowest BCUT2D eigenvalue weighted by atomic mass is 9.89. The zero-order chi connectivity index (χ0) is 27.5. The molecule has 0 bridgehead atoms. The van der Waals surface area contributed by atoms with Crippen molar-refractivity contribution in [1.82, 2.24) is 24.1 Å². The van der Waals surface area contributed by atoms with Crippen molar-refractivity contribution in [3.05, 3.63) is 87.6 Å². The third kappa shape index (κ3) is 4.96. The third-order valence-corrected chi connectivity index (χ3v) is 8.62. The molecule has 0 atom stereocenters. The molecule has 6 rings (SSSR count). The monoisotopic (exact) mass is 536 g/mol. The van der Waals surface area contributed by atoms with Gasteiger partial charge in [-0.15, -0.1) is 0 Å². The molecule has 0 unspecified atom stereocenters. The number of nitriles is 1. The fourth-order valence-corrected chi connectivity index (χ4v) is 6.63. The van der Waals surface area contributed by atoms with Crippen molar-refractivity contribution in [3.63, 3.8) is 0 Å². The lowest BCUT2D eigenvalue weighted by Crippen LogP contribution is -2.45. The largest absolute Gasteiger partial charge is 0.379 e. The fourth-order valence-electron chi connectivity index (χ4n) is 6.63. The number of benzene rings is 2. The smallest absolute Gasteiger partial charge is 0.259 e. The molecular weight excluding hydrogens is 500 g/mol. The molecule has 0 amide bonds. The van der Waals surface area contributed by atoms with E-state index in [1.165, 1.54) is 0 Å². The summed E-state index contributed by atoms with van der Waals surface area (Å²) in [6.07, 6.45) is 7.53. The van der Waals surface area contributed by atoms with Crippen LogP contribution in [0.3, 0.4) is 0 Å². The molecule has 4 aromatic rings. The second kappa shape index (κ2) is 11.7. The van der Waals surface area contributed by atoms with Gasteiger partial charge in [0, 0.05) is 37.2 Å².